The highest BCUT2D eigenvalue weighted by Crippen LogP contribution is 2.20. The van der Waals surface area contributed by atoms with E-state index in [1.165, 1.54) is 24.9 Å². The van der Waals surface area contributed by atoms with Crippen LogP contribution in [0.2, 0.25) is 5.02 Å². The van der Waals surface area contributed by atoms with Crippen LogP contribution in [0.15, 0.2) is 48.5 Å². The maximum Gasteiger partial charge on any atom is 0.227 e. The number of anilines is 1. The molecule has 3 rings (SSSR count). The highest BCUT2D eigenvalue weighted by atomic mass is 35.5. The number of halogens is 1. The molecule has 3 nitrogen and oxygen atoms in total. The molecule has 0 N–H and O–H groups in total. The van der Waals surface area contributed by atoms with Crippen molar-refractivity contribution in [1.29, 1.82) is 0 Å². The van der Waals surface area contributed by atoms with Crippen molar-refractivity contribution in [3.63, 3.8) is 0 Å². The molecular formula is C21H25ClN2O. The van der Waals surface area contributed by atoms with E-state index in [-0.39, 0.29) is 5.91 Å². The molecule has 132 valence electrons. The van der Waals surface area contributed by atoms with Crippen molar-refractivity contribution in [2.75, 3.05) is 25.0 Å². The molecule has 1 fully saturated rings. The molecule has 0 radical (unpaired) electrons. The number of nitrogens with zero attached hydrogens (tertiary/aromatic N) is 2. The minimum Gasteiger partial charge on any atom is -0.372 e. The summed E-state index contributed by atoms with van der Waals surface area (Å²) < 4.78 is 0. The molecule has 4 heteroatoms. The normalized spacial score (nSPS) is 14.4. The smallest absolute Gasteiger partial charge is 0.227 e. The van der Waals surface area contributed by atoms with Crippen LogP contribution in [0.4, 0.5) is 5.69 Å². The Hall–Kier alpha value is -2.00. The van der Waals surface area contributed by atoms with Gasteiger partial charge in [0, 0.05) is 37.4 Å². The van der Waals surface area contributed by atoms with Crippen molar-refractivity contribution in [3.05, 3.63) is 64.7 Å². The van der Waals surface area contributed by atoms with E-state index in [0.29, 0.717) is 18.0 Å². The number of piperidine rings is 1. The summed E-state index contributed by atoms with van der Waals surface area (Å²) >= 11 is 5.89. The minimum atomic E-state index is 0.113. The quantitative estimate of drug-likeness (QED) is 0.785. The Morgan fingerprint density at radius 1 is 0.960 bits per heavy atom. The summed E-state index contributed by atoms with van der Waals surface area (Å²) in [6.45, 7) is 2.93. The summed E-state index contributed by atoms with van der Waals surface area (Å²) in [6.07, 6.45) is 4.31. The summed E-state index contributed by atoms with van der Waals surface area (Å²) in [5.41, 5.74) is 3.44. The number of benzene rings is 2. The molecular weight excluding hydrogens is 332 g/mol. The first-order valence-electron chi connectivity index (χ1n) is 8.94. The number of rotatable bonds is 5. The molecule has 2 aromatic rings. The fraction of sp³-hybridized carbons (Fsp3) is 0.381. The zero-order chi connectivity index (χ0) is 17.6. The van der Waals surface area contributed by atoms with Gasteiger partial charge in [0.2, 0.25) is 5.91 Å². The molecule has 1 amide bonds. The zero-order valence-electron chi connectivity index (χ0n) is 14.7. The molecule has 0 saturated carbocycles. The minimum absolute atomic E-state index is 0.113. The third-order valence-electron chi connectivity index (χ3n) is 4.77. The summed E-state index contributed by atoms with van der Waals surface area (Å²) in [4.78, 5) is 16.6. The fourth-order valence-corrected chi connectivity index (χ4v) is 3.36. The molecule has 0 atom stereocenters. The molecule has 25 heavy (non-hydrogen) atoms. The monoisotopic (exact) mass is 356 g/mol. The van der Waals surface area contributed by atoms with Gasteiger partial charge in [0.1, 0.15) is 0 Å². The lowest BCUT2D eigenvalue weighted by Gasteiger charge is -2.29. The number of hydrogen-bond acceptors (Lipinski definition) is 2. The molecule has 0 bridgehead atoms. The lowest BCUT2D eigenvalue weighted by atomic mass is 10.1. The van der Waals surface area contributed by atoms with Crippen molar-refractivity contribution >= 4 is 23.2 Å². The molecule has 1 aliphatic rings. The van der Waals surface area contributed by atoms with Gasteiger partial charge in [0.15, 0.2) is 0 Å². The van der Waals surface area contributed by atoms with Gasteiger partial charge in [-0.1, -0.05) is 35.9 Å². The standard InChI is InChI=1S/C21H25ClN2O/c1-23(21(25)15-17-5-9-19(22)10-6-17)16-18-7-11-20(12-8-18)24-13-3-2-4-14-24/h5-12H,2-4,13-16H2,1H3. The lowest BCUT2D eigenvalue weighted by molar-refractivity contribution is -0.129. The second-order valence-corrected chi connectivity index (χ2v) is 7.20. The van der Waals surface area contributed by atoms with Crippen LogP contribution in [0.5, 0.6) is 0 Å². The second kappa shape index (κ2) is 8.39. The molecule has 1 aliphatic heterocycles. The number of likely N-dealkylation sites (N-methyl/N-ethyl adjacent to an activating group) is 1. The van der Waals surface area contributed by atoms with Crippen LogP contribution < -0.4 is 4.90 Å². The van der Waals surface area contributed by atoms with Crippen molar-refractivity contribution in [2.45, 2.75) is 32.2 Å². The Labute approximate surface area is 155 Å². The van der Waals surface area contributed by atoms with Crippen LogP contribution in [-0.4, -0.2) is 30.9 Å². The van der Waals surface area contributed by atoms with Crippen LogP contribution in [-0.2, 0) is 17.8 Å². The Morgan fingerprint density at radius 3 is 2.20 bits per heavy atom. The fourth-order valence-electron chi connectivity index (χ4n) is 3.24. The number of hydrogen-bond donors (Lipinski definition) is 0. The van der Waals surface area contributed by atoms with Gasteiger partial charge in [0.05, 0.1) is 6.42 Å². The molecule has 1 saturated heterocycles. The average molecular weight is 357 g/mol. The van der Waals surface area contributed by atoms with Crippen molar-refractivity contribution < 1.29 is 4.79 Å². The van der Waals surface area contributed by atoms with Gasteiger partial charge in [-0.15, -0.1) is 0 Å². The first-order chi connectivity index (χ1) is 12.1. The zero-order valence-corrected chi connectivity index (χ0v) is 15.5. The van der Waals surface area contributed by atoms with Crippen LogP contribution >= 0.6 is 11.6 Å². The third kappa shape index (κ3) is 4.99. The van der Waals surface area contributed by atoms with Gasteiger partial charge in [-0.05, 0) is 54.7 Å². The van der Waals surface area contributed by atoms with Crippen LogP contribution in [0.3, 0.4) is 0 Å². The van der Waals surface area contributed by atoms with E-state index in [4.69, 9.17) is 11.6 Å². The Morgan fingerprint density at radius 2 is 1.56 bits per heavy atom. The van der Waals surface area contributed by atoms with Gasteiger partial charge in [-0.3, -0.25) is 4.79 Å². The molecule has 0 unspecified atom stereocenters. The lowest BCUT2D eigenvalue weighted by Crippen LogP contribution is -2.29. The maximum absolute atomic E-state index is 12.4. The van der Waals surface area contributed by atoms with Crippen LogP contribution in [0.25, 0.3) is 0 Å². The first-order valence-corrected chi connectivity index (χ1v) is 9.32. The summed E-state index contributed by atoms with van der Waals surface area (Å²) in [5, 5.41) is 0.693. The van der Waals surface area contributed by atoms with E-state index in [9.17, 15) is 4.79 Å². The number of carbonyl (C=O) groups is 1. The predicted octanol–water partition coefficient (Wildman–Crippen LogP) is 4.53. The Balaban J connectivity index is 1.55. The molecule has 0 aromatic heterocycles. The van der Waals surface area contributed by atoms with Gasteiger partial charge in [-0.25, -0.2) is 0 Å². The van der Waals surface area contributed by atoms with Crippen LogP contribution in [0, 0.1) is 0 Å². The topological polar surface area (TPSA) is 23.6 Å². The summed E-state index contributed by atoms with van der Waals surface area (Å²) in [6, 6.07) is 16.1. The van der Waals surface area contributed by atoms with E-state index in [1.54, 1.807) is 4.90 Å². The third-order valence-corrected chi connectivity index (χ3v) is 5.02. The van der Waals surface area contributed by atoms with Gasteiger partial charge in [-0.2, -0.15) is 0 Å². The van der Waals surface area contributed by atoms with E-state index in [2.05, 4.69) is 29.2 Å². The number of carbonyl (C=O) groups excluding carboxylic acids is 1. The highest BCUT2D eigenvalue weighted by Gasteiger charge is 2.12. The van der Waals surface area contributed by atoms with Gasteiger partial charge >= 0.3 is 0 Å². The summed E-state index contributed by atoms with van der Waals surface area (Å²) in [7, 11) is 1.86. The molecule has 0 spiro atoms. The van der Waals surface area contributed by atoms with Gasteiger partial charge in [0.25, 0.3) is 0 Å². The number of amides is 1. The van der Waals surface area contributed by atoms with Crippen molar-refractivity contribution in [1.82, 2.24) is 4.90 Å². The largest absolute Gasteiger partial charge is 0.372 e. The Bertz CT molecular complexity index is 691. The predicted molar refractivity (Wildman–Crippen MR) is 104 cm³/mol. The van der Waals surface area contributed by atoms with E-state index < -0.39 is 0 Å². The average Bonchev–Trinajstić information content (AvgIpc) is 2.65. The van der Waals surface area contributed by atoms with E-state index in [1.807, 2.05) is 31.3 Å². The molecule has 2 aromatic carbocycles. The van der Waals surface area contributed by atoms with Gasteiger partial charge < -0.3 is 9.80 Å². The maximum atomic E-state index is 12.4. The highest BCUT2D eigenvalue weighted by molar-refractivity contribution is 6.30. The van der Waals surface area contributed by atoms with E-state index in [0.717, 1.165) is 24.2 Å². The van der Waals surface area contributed by atoms with Crippen LogP contribution in [0.1, 0.15) is 30.4 Å². The summed E-state index contributed by atoms with van der Waals surface area (Å²) in [5.74, 6) is 0.113. The molecule has 1 heterocycles. The molecule has 0 aliphatic carbocycles. The SMILES string of the molecule is CN(Cc1ccc(N2CCCCC2)cc1)C(=O)Cc1ccc(Cl)cc1. The van der Waals surface area contributed by atoms with Crippen molar-refractivity contribution in [2.24, 2.45) is 0 Å². The Kier molecular flexibility index (Phi) is 5.98. The van der Waals surface area contributed by atoms with E-state index >= 15 is 0 Å². The van der Waals surface area contributed by atoms with Crippen molar-refractivity contribution in [3.8, 4) is 0 Å². The first kappa shape index (κ1) is 17.8. The second-order valence-electron chi connectivity index (χ2n) is 6.77.